The van der Waals surface area contributed by atoms with Crippen LogP contribution in [0.4, 0.5) is 11.4 Å². The van der Waals surface area contributed by atoms with Crippen LogP contribution in [0.1, 0.15) is 12.0 Å². The fourth-order valence-corrected chi connectivity index (χ4v) is 2.54. The second-order valence-corrected chi connectivity index (χ2v) is 5.12. The van der Waals surface area contributed by atoms with Crippen molar-refractivity contribution in [3.8, 4) is 0 Å². The fraction of sp³-hybridized carbons (Fsp3) is 0.100. The third kappa shape index (κ3) is 2.97. The number of aryl methyl sites for hydroxylation is 1. The molecule has 0 N–H and O–H groups in total. The highest BCUT2D eigenvalue weighted by Crippen LogP contribution is 2.33. The van der Waals surface area contributed by atoms with Crippen LogP contribution < -0.4 is 4.90 Å². The monoisotopic (exact) mass is 273 g/mol. The topological polar surface area (TPSA) is 3.24 Å². The van der Waals surface area contributed by atoms with Gasteiger partial charge in [0.2, 0.25) is 0 Å². The summed E-state index contributed by atoms with van der Waals surface area (Å²) >= 11 is 0. The average molecular weight is 273 g/mol. The van der Waals surface area contributed by atoms with Crippen molar-refractivity contribution in [3.63, 3.8) is 0 Å². The maximum absolute atomic E-state index is 2.31. The van der Waals surface area contributed by atoms with Crippen molar-refractivity contribution in [3.05, 3.63) is 96.2 Å². The van der Waals surface area contributed by atoms with E-state index in [2.05, 4.69) is 96.8 Å². The maximum Gasteiger partial charge on any atom is 0.0490 e. The summed E-state index contributed by atoms with van der Waals surface area (Å²) in [5, 5.41) is 0. The first-order chi connectivity index (χ1) is 10.4. The Morgan fingerprint density at radius 1 is 0.857 bits per heavy atom. The van der Waals surface area contributed by atoms with Crippen LogP contribution in [0.3, 0.4) is 0 Å². The highest BCUT2D eigenvalue weighted by Gasteiger charge is 2.14. The van der Waals surface area contributed by atoms with Gasteiger partial charge in [-0.15, -0.1) is 0 Å². The van der Waals surface area contributed by atoms with Gasteiger partial charge in [0.05, 0.1) is 0 Å². The van der Waals surface area contributed by atoms with Crippen molar-refractivity contribution in [1.29, 1.82) is 0 Å². The molecule has 0 aliphatic heterocycles. The highest BCUT2D eigenvalue weighted by atomic mass is 15.1. The van der Waals surface area contributed by atoms with Crippen LogP contribution in [0, 0.1) is 6.92 Å². The van der Waals surface area contributed by atoms with Gasteiger partial charge in [-0.2, -0.15) is 0 Å². The number of para-hydroxylation sites is 2. The van der Waals surface area contributed by atoms with Crippen LogP contribution in [0.15, 0.2) is 90.7 Å². The molecule has 0 fully saturated rings. The van der Waals surface area contributed by atoms with Gasteiger partial charge in [0.15, 0.2) is 0 Å². The average Bonchev–Trinajstić information content (AvgIpc) is 2.80. The summed E-state index contributed by atoms with van der Waals surface area (Å²) in [6.07, 6.45) is 11.8. The molecule has 1 aliphatic carbocycles. The molecule has 2 aromatic carbocycles. The minimum atomic E-state index is 0.983. The molecule has 0 heterocycles. The molecule has 0 aromatic heterocycles. The van der Waals surface area contributed by atoms with E-state index in [4.69, 9.17) is 0 Å². The van der Waals surface area contributed by atoms with Crippen LogP contribution in [-0.4, -0.2) is 0 Å². The van der Waals surface area contributed by atoms with Gasteiger partial charge < -0.3 is 4.90 Å². The summed E-state index contributed by atoms with van der Waals surface area (Å²) in [6, 6.07) is 19.0. The Morgan fingerprint density at radius 3 is 2.43 bits per heavy atom. The summed E-state index contributed by atoms with van der Waals surface area (Å²) in [5.41, 5.74) is 4.85. The Morgan fingerprint density at radius 2 is 1.62 bits per heavy atom. The maximum atomic E-state index is 2.31. The Bertz CT molecular complexity index is 693. The Kier molecular flexibility index (Phi) is 4.02. The smallest absolute Gasteiger partial charge is 0.0490 e. The number of allylic oxidation sites excluding steroid dienone is 5. The molecule has 1 aliphatic rings. The Labute approximate surface area is 126 Å². The molecule has 104 valence electrons. The first-order valence-corrected chi connectivity index (χ1v) is 7.30. The molecule has 0 saturated heterocycles. The Hall–Kier alpha value is -2.54. The summed E-state index contributed by atoms with van der Waals surface area (Å²) < 4.78 is 0. The lowest BCUT2D eigenvalue weighted by atomic mass is 10.1. The zero-order valence-corrected chi connectivity index (χ0v) is 12.2. The van der Waals surface area contributed by atoms with E-state index in [-0.39, 0.29) is 0 Å². The predicted molar refractivity (Wildman–Crippen MR) is 90.7 cm³/mol. The number of anilines is 2. The zero-order chi connectivity index (χ0) is 14.5. The molecule has 0 unspecified atom stereocenters. The van der Waals surface area contributed by atoms with Crippen molar-refractivity contribution in [2.24, 2.45) is 0 Å². The minimum Gasteiger partial charge on any atom is -0.310 e. The first kappa shape index (κ1) is 13.4. The van der Waals surface area contributed by atoms with Gasteiger partial charge in [0, 0.05) is 17.1 Å². The number of benzene rings is 2. The molecule has 0 atom stereocenters. The van der Waals surface area contributed by atoms with Crippen molar-refractivity contribution in [2.45, 2.75) is 13.3 Å². The van der Waals surface area contributed by atoms with E-state index in [0.717, 1.165) is 6.42 Å². The van der Waals surface area contributed by atoms with Crippen LogP contribution in [0.5, 0.6) is 0 Å². The third-order valence-corrected chi connectivity index (χ3v) is 3.59. The van der Waals surface area contributed by atoms with Gasteiger partial charge in [-0.1, -0.05) is 54.6 Å². The summed E-state index contributed by atoms with van der Waals surface area (Å²) in [5.74, 6) is 0. The molecule has 0 saturated carbocycles. The van der Waals surface area contributed by atoms with E-state index in [1.807, 2.05) is 0 Å². The molecule has 2 aromatic rings. The first-order valence-electron chi connectivity index (χ1n) is 7.30. The van der Waals surface area contributed by atoms with Crippen molar-refractivity contribution in [2.75, 3.05) is 4.90 Å². The number of nitrogens with zero attached hydrogens (tertiary/aromatic N) is 1. The standard InChI is InChI=1S/C20H19N/c1-17-11-9-10-16-20(17)21(19-14-7-4-8-15-19)18-12-5-2-3-6-13-18/h2,4-16H,3H2,1H3. The third-order valence-electron chi connectivity index (χ3n) is 3.59. The van der Waals surface area contributed by atoms with Crippen molar-refractivity contribution in [1.82, 2.24) is 0 Å². The molecule has 1 nitrogen and oxygen atoms in total. The molecule has 0 spiro atoms. The van der Waals surface area contributed by atoms with Gasteiger partial charge in [0.1, 0.15) is 0 Å². The van der Waals surface area contributed by atoms with Crippen LogP contribution in [-0.2, 0) is 0 Å². The number of hydrogen-bond donors (Lipinski definition) is 0. The van der Waals surface area contributed by atoms with Gasteiger partial charge >= 0.3 is 0 Å². The second-order valence-electron chi connectivity index (χ2n) is 5.12. The van der Waals surface area contributed by atoms with Crippen LogP contribution in [0.2, 0.25) is 0 Å². The normalized spacial score (nSPS) is 13.7. The van der Waals surface area contributed by atoms with Gasteiger partial charge in [0.25, 0.3) is 0 Å². The van der Waals surface area contributed by atoms with E-state index >= 15 is 0 Å². The SMILES string of the molecule is Cc1ccccc1N(C1=CC=CCC=C1)c1ccccc1. The van der Waals surface area contributed by atoms with Crippen LogP contribution in [0.25, 0.3) is 0 Å². The van der Waals surface area contributed by atoms with Crippen molar-refractivity contribution >= 4 is 11.4 Å². The zero-order valence-electron chi connectivity index (χ0n) is 12.2. The van der Waals surface area contributed by atoms with Crippen LogP contribution >= 0.6 is 0 Å². The summed E-state index contributed by atoms with van der Waals surface area (Å²) in [6.45, 7) is 2.15. The minimum absolute atomic E-state index is 0.983. The lowest BCUT2D eigenvalue weighted by molar-refractivity contribution is 1.18. The highest BCUT2D eigenvalue weighted by molar-refractivity contribution is 5.72. The van der Waals surface area contributed by atoms with Gasteiger partial charge in [-0.05, 0) is 49.3 Å². The van der Waals surface area contributed by atoms with Gasteiger partial charge in [-0.3, -0.25) is 0 Å². The Balaban J connectivity index is 2.14. The van der Waals surface area contributed by atoms with E-state index in [0.29, 0.717) is 0 Å². The molecule has 1 heteroatoms. The molecule has 0 amide bonds. The predicted octanol–water partition coefficient (Wildman–Crippen LogP) is 5.53. The van der Waals surface area contributed by atoms with E-state index in [1.165, 1.54) is 22.6 Å². The molecule has 0 radical (unpaired) electrons. The fourth-order valence-electron chi connectivity index (χ4n) is 2.54. The van der Waals surface area contributed by atoms with Gasteiger partial charge in [-0.25, -0.2) is 0 Å². The quantitative estimate of drug-likeness (QED) is 0.710. The van der Waals surface area contributed by atoms with E-state index in [9.17, 15) is 0 Å². The second kappa shape index (κ2) is 6.27. The number of hydrogen-bond acceptors (Lipinski definition) is 1. The molecular formula is C20H19N. The lowest BCUT2D eigenvalue weighted by Crippen LogP contribution is -2.16. The summed E-state index contributed by atoms with van der Waals surface area (Å²) in [7, 11) is 0. The molecule has 21 heavy (non-hydrogen) atoms. The van der Waals surface area contributed by atoms with E-state index < -0.39 is 0 Å². The molecule has 3 rings (SSSR count). The largest absolute Gasteiger partial charge is 0.310 e. The van der Waals surface area contributed by atoms with E-state index in [1.54, 1.807) is 0 Å². The summed E-state index contributed by atoms with van der Waals surface area (Å²) in [4.78, 5) is 2.31. The number of rotatable bonds is 3. The molecule has 0 bridgehead atoms. The van der Waals surface area contributed by atoms with Crippen molar-refractivity contribution < 1.29 is 0 Å². The molecular weight excluding hydrogens is 254 g/mol. The lowest BCUT2D eigenvalue weighted by Gasteiger charge is -2.27.